The van der Waals surface area contributed by atoms with E-state index in [-0.39, 0.29) is 11.7 Å². The SMILES string of the molecule is O=C1CCc2c1cccc2C(=O)N1CCCN(c2nc3ccccc3s2)CC1. The highest BCUT2D eigenvalue weighted by molar-refractivity contribution is 7.22. The van der Waals surface area contributed by atoms with Crippen LogP contribution >= 0.6 is 11.3 Å². The van der Waals surface area contributed by atoms with Crippen LogP contribution in [0.1, 0.15) is 39.1 Å². The van der Waals surface area contributed by atoms with Gasteiger partial charge in [-0.25, -0.2) is 4.98 Å². The van der Waals surface area contributed by atoms with Crippen LogP contribution in [0.15, 0.2) is 42.5 Å². The Bertz CT molecular complexity index is 1040. The van der Waals surface area contributed by atoms with Crippen LogP contribution in [-0.2, 0) is 6.42 Å². The van der Waals surface area contributed by atoms with Gasteiger partial charge in [-0.1, -0.05) is 35.6 Å². The molecule has 1 aliphatic heterocycles. The number of carbonyl (C=O) groups is 2. The van der Waals surface area contributed by atoms with Crippen LogP contribution in [0.4, 0.5) is 5.13 Å². The maximum absolute atomic E-state index is 13.2. The molecule has 28 heavy (non-hydrogen) atoms. The Morgan fingerprint density at radius 1 is 0.964 bits per heavy atom. The van der Waals surface area contributed by atoms with Gasteiger partial charge in [0, 0.05) is 43.7 Å². The van der Waals surface area contributed by atoms with E-state index in [1.807, 2.05) is 41.3 Å². The Hall–Kier alpha value is -2.73. The molecule has 142 valence electrons. The van der Waals surface area contributed by atoms with Gasteiger partial charge in [-0.15, -0.1) is 0 Å². The quantitative estimate of drug-likeness (QED) is 0.667. The molecule has 2 aromatic carbocycles. The van der Waals surface area contributed by atoms with Crippen molar-refractivity contribution in [2.24, 2.45) is 0 Å². The van der Waals surface area contributed by atoms with Crippen LogP contribution in [0.5, 0.6) is 0 Å². The third kappa shape index (κ3) is 2.98. The number of aromatic nitrogens is 1. The van der Waals surface area contributed by atoms with Gasteiger partial charge in [0.25, 0.3) is 5.91 Å². The molecule has 1 saturated heterocycles. The molecule has 0 N–H and O–H groups in total. The Morgan fingerprint density at radius 2 is 1.86 bits per heavy atom. The van der Waals surface area contributed by atoms with Crippen LogP contribution in [0, 0.1) is 0 Å². The number of hydrogen-bond donors (Lipinski definition) is 0. The summed E-state index contributed by atoms with van der Waals surface area (Å²) in [6.07, 6.45) is 2.11. The first-order valence-electron chi connectivity index (χ1n) is 9.75. The van der Waals surface area contributed by atoms with Gasteiger partial charge in [-0.05, 0) is 36.6 Å². The minimum Gasteiger partial charge on any atom is -0.346 e. The molecule has 1 fully saturated rings. The first-order chi connectivity index (χ1) is 13.7. The average molecular weight is 391 g/mol. The third-order valence-corrected chi connectivity index (χ3v) is 6.74. The summed E-state index contributed by atoms with van der Waals surface area (Å²) in [6, 6.07) is 13.7. The predicted molar refractivity (Wildman–Crippen MR) is 111 cm³/mol. The highest BCUT2D eigenvalue weighted by Gasteiger charge is 2.28. The van der Waals surface area contributed by atoms with Gasteiger partial charge in [-0.3, -0.25) is 9.59 Å². The van der Waals surface area contributed by atoms with Gasteiger partial charge in [0.05, 0.1) is 10.2 Å². The van der Waals surface area contributed by atoms with E-state index in [0.717, 1.165) is 47.8 Å². The lowest BCUT2D eigenvalue weighted by molar-refractivity contribution is 0.0766. The highest BCUT2D eigenvalue weighted by atomic mass is 32.1. The smallest absolute Gasteiger partial charge is 0.254 e. The number of hydrogen-bond acceptors (Lipinski definition) is 5. The van der Waals surface area contributed by atoms with Crippen molar-refractivity contribution in [3.05, 3.63) is 59.2 Å². The topological polar surface area (TPSA) is 53.5 Å². The molecule has 3 aromatic rings. The lowest BCUT2D eigenvalue weighted by Crippen LogP contribution is -2.35. The molecule has 0 atom stereocenters. The first kappa shape index (κ1) is 17.4. The molecule has 1 aliphatic carbocycles. The first-order valence-corrected chi connectivity index (χ1v) is 10.6. The van der Waals surface area contributed by atoms with Crippen molar-refractivity contribution in [1.82, 2.24) is 9.88 Å². The maximum atomic E-state index is 13.2. The molecule has 5 rings (SSSR count). The van der Waals surface area contributed by atoms with E-state index in [0.29, 0.717) is 24.9 Å². The fourth-order valence-corrected chi connectivity index (χ4v) is 5.19. The number of benzene rings is 2. The second kappa shape index (κ2) is 7.02. The van der Waals surface area contributed by atoms with Crippen molar-refractivity contribution in [3.63, 3.8) is 0 Å². The zero-order valence-corrected chi connectivity index (χ0v) is 16.4. The molecular formula is C22H21N3O2S. The van der Waals surface area contributed by atoms with Gasteiger partial charge in [0.1, 0.15) is 0 Å². The van der Waals surface area contributed by atoms with Gasteiger partial charge >= 0.3 is 0 Å². The third-order valence-electron chi connectivity index (χ3n) is 5.65. The van der Waals surface area contributed by atoms with Crippen molar-refractivity contribution in [1.29, 1.82) is 0 Å². The van der Waals surface area contributed by atoms with Crippen molar-refractivity contribution < 1.29 is 9.59 Å². The summed E-state index contributed by atoms with van der Waals surface area (Å²) < 4.78 is 1.19. The second-order valence-corrected chi connectivity index (χ2v) is 8.36. The number of nitrogens with zero attached hydrogens (tertiary/aromatic N) is 3. The highest BCUT2D eigenvalue weighted by Crippen LogP contribution is 2.30. The Balaban J connectivity index is 1.35. The van der Waals surface area contributed by atoms with Gasteiger partial charge < -0.3 is 9.80 Å². The van der Waals surface area contributed by atoms with Crippen molar-refractivity contribution >= 4 is 38.4 Å². The number of thiazole rings is 1. The molecule has 2 heterocycles. The van der Waals surface area contributed by atoms with E-state index in [1.165, 1.54) is 4.70 Å². The van der Waals surface area contributed by atoms with Crippen molar-refractivity contribution in [3.8, 4) is 0 Å². The van der Waals surface area contributed by atoms with Crippen molar-refractivity contribution in [2.45, 2.75) is 19.3 Å². The lowest BCUT2D eigenvalue weighted by atomic mass is 10.0. The number of para-hydroxylation sites is 1. The lowest BCUT2D eigenvalue weighted by Gasteiger charge is -2.22. The number of carbonyl (C=O) groups excluding carboxylic acids is 2. The summed E-state index contributed by atoms with van der Waals surface area (Å²) in [5.41, 5.74) is 3.41. The van der Waals surface area contributed by atoms with E-state index in [9.17, 15) is 9.59 Å². The standard InChI is InChI=1S/C22H21N3O2S/c26-19-10-9-15-16(19)5-3-6-17(15)21(27)24-11-4-12-25(14-13-24)22-23-18-7-1-2-8-20(18)28-22/h1-3,5-8H,4,9-14H2. The van der Waals surface area contributed by atoms with Crippen LogP contribution in [-0.4, -0.2) is 47.8 Å². The zero-order valence-electron chi connectivity index (χ0n) is 15.6. The molecule has 0 spiro atoms. The van der Waals surface area contributed by atoms with E-state index in [1.54, 1.807) is 11.3 Å². The molecule has 6 heteroatoms. The molecule has 2 aliphatic rings. The summed E-state index contributed by atoms with van der Waals surface area (Å²) in [6.45, 7) is 3.08. The average Bonchev–Trinajstić information content (AvgIpc) is 3.23. The number of amides is 1. The van der Waals surface area contributed by atoms with Gasteiger partial charge in [0.2, 0.25) is 0 Å². The summed E-state index contributed by atoms with van der Waals surface area (Å²) in [5.74, 6) is 0.209. The Labute approximate surface area is 167 Å². The molecule has 5 nitrogen and oxygen atoms in total. The van der Waals surface area contributed by atoms with E-state index >= 15 is 0 Å². The molecule has 0 saturated carbocycles. The maximum Gasteiger partial charge on any atom is 0.254 e. The molecule has 0 radical (unpaired) electrons. The normalized spacial score (nSPS) is 17.1. The minimum absolute atomic E-state index is 0.0534. The van der Waals surface area contributed by atoms with E-state index in [2.05, 4.69) is 11.0 Å². The molecule has 0 unspecified atom stereocenters. The monoisotopic (exact) mass is 391 g/mol. The van der Waals surface area contributed by atoms with E-state index in [4.69, 9.17) is 4.98 Å². The summed E-state index contributed by atoms with van der Waals surface area (Å²) in [5, 5.41) is 1.03. The minimum atomic E-state index is 0.0534. The van der Waals surface area contributed by atoms with Gasteiger partial charge in [-0.2, -0.15) is 0 Å². The Morgan fingerprint density at radius 3 is 2.75 bits per heavy atom. The zero-order chi connectivity index (χ0) is 19.1. The molecule has 1 aromatic heterocycles. The number of Topliss-reactive ketones (excluding diaryl/α,β-unsaturated/α-hetero) is 1. The molecule has 1 amide bonds. The van der Waals surface area contributed by atoms with Crippen LogP contribution < -0.4 is 4.90 Å². The number of fused-ring (bicyclic) bond motifs is 2. The van der Waals surface area contributed by atoms with E-state index < -0.39 is 0 Å². The van der Waals surface area contributed by atoms with Crippen LogP contribution in [0.25, 0.3) is 10.2 Å². The largest absolute Gasteiger partial charge is 0.346 e. The summed E-state index contributed by atoms with van der Waals surface area (Å²) in [7, 11) is 0. The fraction of sp³-hybridized carbons (Fsp3) is 0.318. The molecular weight excluding hydrogens is 370 g/mol. The Kier molecular flexibility index (Phi) is 4.36. The van der Waals surface area contributed by atoms with Crippen LogP contribution in [0.2, 0.25) is 0 Å². The summed E-state index contributed by atoms with van der Waals surface area (Å²) in [4.78, 5) is 34.2. The number of ketones is 1. The second-order valence-electron chi connectivity index (χ2n) is 7.35. The fourth-order valence-electron chi connectivity index (χ4n) is 4.17. The number of anilines is 1. The summed E-state index contributed by atoms with van der Waals surface area (Å²) >= 11 is 1.71. The number of rotatable bonds is 2. The van der Waals surface area contributed by atoms with Crippen molar-refractivity contribution in [2.75, 3.05) is 31.1 Å². The molecule has 0 bridgehead atoms. The predicted octanol–water partition coefficient (Wildman–Crippen LogP) is 3.78. The van der Waals surface area contributed by atoms with Gasteiger partial charge in [0.15, 0.2) is 10.9 Å². The van der Waals surface area contributed by atoms with Crippen LogP contribution in [0.3, 0.4) is 0 Å².